The average Bonchev–Trinajstić information content (AvgIpc) is 3.49. The first-order chi connectivity index (χ1) is 16.5. The van der Waals surface area contributed by atoms with Crippen molar-refractivity contribution in [3.8, 4) is 33.2 Å². The van der Waals surface area contributed by atoms with E-state index in [-0.39, 0.29) is 0 Å². The zero-order valence-electron chi connectivity index (χ0n) is 19.9. The van der Waals surface area contributed by atoms with Gasteiger partial charge in [-0.2, -0.15) is 0 Å². The van der Waals surface area contributed by atoms with Crippen molar-refractivity contribution in [2.24, 2.45) is 7.05 Å². The molecular weight excluding hydrogens is 433 g/mol. The van der Waals surface area contributed by atoms with Crippen LogP contribution in [0.2, 0.25) is 0 Å². The molecule has 0 spiro atoms. The van der Waals surface area contributed by atoms with E-state index in [1.807, 2.05) is 7.05 Å². The molecule has 0 aliphatic carbocycles. The van der Waals surface area contributed by atoms with Crippen LogP contribution >= 0.6 is 11.3 Å². The molecule has 5 aromatic rings. The van der Waals surface area contributed by atoms with E-state index in [0.717, 1.165) is 28.3 Å². The van der Waals surface area contributed by atoms with E-state index in [4.69, 9.17) is 0 Å². The molecule has 3 nitrogen and oxygen atoms in total. The summed E-state index contributed by atoms with van der Waals surface area (Å²) in [6, 6.07) is 25.6. The van der Waals surface area contributed by atoms with Gasteiger partial charge in [0.05, 0.1) is 0 Å². The number of aromatic nitrogens is 3. The number of hydrogen-bond donors (Lipinski definition) is 0. The van der Waals surface area contributed by atoms with Crippen molar-refractivity contribution in [1.82, 2.24) is 14.8 Å². The number of rotatable bonds is 5. The summed E-state index contributed by atoms with van der Waals surface area (Å²) in [5.41, 5.74) is 9.59. The molecule has 0 aliphatic rings. The fraction of sp³-hybridized carbons (Fsp3) is 0.138. The van der Waals surface area contributed by atoms with Crippen LogP contribution in [0.5, 0.6) is 0 Å². The fourth-order valence-corrected chi connectivity index (χ4v) is 5.27. The second-order valence-electron chi connectivity index (χ2n) is 8.70. The molecule has 3 aromatic carbocycles. The van der Waals surface area contributed by atoms with Crippen molar-refractivity contribution >= 4 is 29.7 Å². The number of benzene rings is 3. The molecule has 0 saturated carbocycles. The molecular formula is C29H26BN3S. The maximum absolute atomic E-state index is 4.60. The summed E-state index contributed by atoms with van der Waals surface area (Å²) >= 11 is 1.74. The topological polar surface area (TPSA) is 30.7 Å². The Hall–Kier alpha value is -3.57. The van der Waals surface area contributed by atoms with Crippen molar-refractivity contribution in [2.45, 2.75) is 20.8 Å². The van der Waals surface area contributed by atoms with E-state index in [0.29, 0.717) is 0 Å². The van der Waals surface area contributed by atoms with Crippen LogP contribution in [0.25, 0.3) is 33.2 Å². The first-order valence-corrected chi connectivity index (χ1v) is 12.3. The third-order valence-electron chi connectivity index (χ3n) is 6.17. The van der Waals surface area contributed by atoms with Crippen LogP contribution < -0.4 is 5.46 Å². The van der Waals surface area contributed by atoms with Gasteiger partial charge < -0.3 is 0 Å². The van der Waals surface area contributed by atoms with Gasteiger partial charge in [0.15, 0.2) is 0 Å². The van der Waals surface area contributed by atoms with Crippen LogP contribution in [0.1, 0.15) is 22.3 Å². The molecule has 0 fully saturated rings. The molecule has 0 N–H and O–H groups in total. The van der Waals surface area contributed by atoms with Crippen molar-refractivity contribution in [3.63, 3.8) is 0 Å². The van der Waals surface area contributed by atoms with Gasteiger partial charge in [0.2, 0.25) is 0 Å². The zero-order valence-corrected chi connectivity index (χ0v) is 20.7. The molecule has 166 valence electrons. The van der Waals surface area contributed by atoms with Crippen LogP contribution in [0, 0.1) is 20.8 Å². The van der Waals surface area contributed by atoms with Gasteiger partial charge in [0, 0.05) is 0 Å². The molecule has 5 rings (SSSR count). The van der Waals surface area contributed by atoms with Gasteiger partial charge >= 0.3 is 206 Å². The molecule has 0 saturated heterocycles. The van der Waals surface area contributed by atoms with Crippen molar-refractivity contribution < 1.29 is 0 Å². The van der Waals surface area contributed by atoms with Crippen LogP contribution in [0.3, 0.4) is 0 Å². The van der Waals surface area contributed by atoms with Gasteiger partial charge in [-0.15, -0.1) is 0 Å². The van der Waals surface area contributed by atoms with E-state index in [9.17, 15) is 0 Å². The van der Waals surface area contributed by atoms with Gasteiger partial charge in [0.25, 0.3) is 0 Å². The summed E-state index contributed by atoms with van der Waals surface area (Å²) < 4.78 is 2.09. The molecule has 0 radical (unpaired) electrons. The molecule has 34 heavy (non-hydrogen) atoms. The zero-order chi connectivity index (χ0) is 23.7. The number of nitrogens with zero attached hydrogens (tertiary/aromatic N) is 3. The van der Waals surface area contributed by atoms with Gasteiger partial charge in [0.1, 0.15) is 0 Å². The van der Waals surface area contributed by atoms with E-state index in [1.54, 1.807) is 11.3 Å². The standard InChI is InChI=1S/C29H26BN3S/c1-19-15-20(2)27(21(3)16-19)30-18-24-9-5-6-12-25(24)29-32-31-28(33(29)4)23-11-7-10-22(17-23)26-13-8-14-34-26/h5-18H,1-4H3. The van der Waals surface area contributed by atoms with E-state index < -0.39 is 0 Å². The molecule has 2 aromatic heterocycles. The Balaban J connectivity index is 1.52. The maximum atomic E-state index is 4.60. The summed E-state index contributed by atoms with van der Waals surface area (Å²) in [6.45, 7) is 8.70. The van der Waals surface area contributed by atoms with Crippen LogP contribution in [-0.4, -0.2) is 27.7 Å². The minimum absolute atomic E-state index is 0.856. The second-order valence-corrected chi connectivity index (χ2v) is 9.65. The first kappa shape index (κ1) is 22.2. The van der Waals surface area contributed by atoms with E-state index in [2.05, 4.69) is 127 Å². The van der Waals surface area contributed by atoms with Gasteiger partial charge in [-0.05, 0) is 0 Å². The van der Waals surface area contributed by atoms with Crippen molar-refractivity contribution in [3.05, 3.63) is 100 Å². The monoisotopic (exact) mass is 459 g/mol. The first-order valence-electron chi connectivity index (χ1n) is 11.4. The third-order valence-corrected chi connectivity index (χ3v) is 7.09. The molecule has 0 unspecified atom stereocenters. The molecule has 0 bridgehead atoms. The summed E-state index contributed by atoms with van der Waals surface area (Å²) in [7, 11) is 2.04. The molecule has 0 atom stereocenters. The normalized spacial score (nSPS) is 11.2. The quantitative estimate of drug-likeness (QED) is 0.303. The Labute approximate surface area is 205 Å². The van der Waals surface area contributed by atoms with E-state index in [1.165, 1.54) is 32.6 Å². The van der Waals surface area contributed by atoms with Crippen LogP contribution in [-0.2, 0) is 7.05 Å². The molecule has 5 heteroatoms. The minimum atomic E-state index is 0.856. The number of thiophene rings is 1. The summed E-state index contributed by atoms with van der Waals surface area (Å²) in [5, 5.41) is 11.3. The molecule has 2 heterocycles. The molecule has 0 amide bonds. The Kier molecular flexibility index (Phi) is 6.12. The summed E-state index contributed by atoms with van der Waals surface area (Å²) in [6.07, 6.45) is 0. The fourth-order valence-electron chi connectivity index (χ4n) is 4.54. The van der Waals surface area contributed by atoms with Crippen LogP contribution in [0.15, 0.2) is 78.2 Å². The Morgan fingerprint density at radius 1 is 0.794 bits per heavy atom. The number of aryl methyl sites for hydroxylation is 3. The van der Waals surface area contributed by atoms with Gasteiger partial charge in [-0.3, -0.25) is 0 Å². The number of hydrogen-bond acceptors (Lipinski definition) is 3. The van der Waals surface area contributed by atoms with Gasteiger partial charge in [-0.25, -0.2) is 0 Å². The van der Waals surface area contributed by atoms with Crippen molar-refractivity contribution in [2.75, 3.05) is 0 Å². The Bertz CT molecular complexity index is 1470. The summed E-state index contributed by atoms with van der Waals surface area (Å²) in [5.74, 6) is 3.90. The molecule has 0 aliphatic heterocycles. The summed E-state index contributed by atoms with van der Waals surface area (Å²) in [4.78, 5) is 1.25. The Morgan fingerprint density at radius 3 is 2.29 bits per heavy atom. The van der Waals surface area contributed by atoms with Crippen molar-refractivity contribution in [1.29, 1.82) is 0 Å². The average molecular weight is 459 g/mol. The van der Waals surface area contributed by atoms with E-state index >= 15 is 0 Å². The van der Waals surface area contributed by atoms with Gasteiger partial charge in [-0.1, -0.05) is 0 Å². The third kappa shape index (κ3) is 4.31. The van der Waals surface area contributed by atoms with Crippen LogP contribution in [0.4, 0.5) is 0 Å². The second kappa shape index (κ2) is 9.36. The SMILES string of the molecule is Cc1cc(C)c(B=Cc2ccccc2-c2nnc(-c3cccc(-c4cccs4)c3)n2C)c(C)c1. The predicted octanol–water partition coefficient (Wildman–Crippen LogP) is 5.98. The predicted molar refractivity (Wildman–Crippen MR) is 146 cm³/mol. The Morgan fingerprint density at radius 2 is 1.53 bits per heavy atom.